The summed E-state index contributed by atoms with van der Waals surface area (Å²) < 4.78 is 0. The molecule has 3 nitrogen and oxygen atoms in total. The molecular formula is C22H19NO2. The standard InChI is InChI=1S/C22H19NO2/c24-21(18-11-5-2-6-12-18)15-16-22(25)23-20-14-8-7-13-19(20)17-9-3-1-4-10-17/h1-14H,15-16H2,(H,23,25). The van der Waals surface area contributed by atoms with Gasteiger partial charge in [-0.15, -0.1) is 0 Å². The summed E-state index contributed by atoms with van der Waals surface area (Å²) in [6, 6.07) is 26.6. The van der Waals surface area contributed by atoms with Crippen LogP contribution in [0.5, 0.6) is 0 Å². The van der Waals surface area contributed by atoms with Crippen LogP contribution in [-0.4, -0.2) is 11.7 Å². The Morgan fingerprint density at radius 2 is 1.28 bits per heavy atom. The second kappa shape index (κ2) is 8.06. The highest BCUT2D eigenvalue weighted by molar-refractivity contribution is 6.01. The van der Waals surface area contributed by atoms with Gasteiger partial charge >= 0.3 is 0 Å². The molecule has 0 bridgehead atoms. The first-order valence-corrected chi connectivity index (χ1v) is 8.26. The summed E-state index contributed by atoms with van der Waals surface area (Å²) in [7, 11) is 0. The van der Waals surface area contributed by atoms with Crippen molar-refractivity contribution >= 4 is 17.4 Å². The van der Waals surface area contributed by atoms with Crippen LogP contribution >= 0.6 is 0 Å². The molecule has 0 fully saturated rings. The number of amides is 1. The minimum Gasteiger partial charge on any atom is -0.326 e. The van der Waals surface area contributed by atoms with Gasteiger partial charge in [-0.2, -0.15) is 0 Å². The number of hydrogen-bond acceptors (Lipinski definition) is 2. The van der Waals surface area contributed by atoms with Gasteiger partial charge < -0.3 is 5.32 Å². The van der Waals surface area contributed by atoms with Crippen molar-refractivity contribution in [1.29, 1.82) is 0 Å². The molecule has 3 aromatic rings. The van der Waals surface area contributed by atoms with Crippen LogP contribution in [-0.2, 0) is 4.79 Å². The zero-order chi connectivity index (χ0) is 17.5. The first-order valence-electron chi connectivity index (χ1n) is 8.26. The molecule has 0 saturated heterocycles. The first kappa shape index (κ1) is 16.7. The number of anilines is 1. The van der Waals surface area contributed by atoms with E-state index in [2.05, 4.69) is 5.32 Å². The third-order valence-electron chi connectivity index (χ3n) is 3.96. The summed E-state index contributed by atoms with van der Waals surface area (Å²) in [6.45, 7) is 0. The second-order valence-electron chi connectivity index (χ2n) is 5.75. The molecule has 0 aliphatic carbocycles. The average molecular weight is 329 g/mol. The van der Waals surface area contributed by atoms with Crippen LogP contribution in [0.3, 0.4) is 0 Å². The maximum Gasteiger partial charge on any atom is 0.224 e. The molecule has 0 aliphatic rings. The number of carbonyl (C=O) groups excluding carboxylic acids is 2. The van der Waals surface area contributed by atoms with Gasteiger partial charge in [0.1, 0.15) is 0 Å². The summed E-state index contributed by atoms with van der Waals surface area (Å²) in [5.74, 6) is -0.181. The molecule has 3 aromatic carbocycles. The zero-order valence-electron chi connectivity index (χ0n) is 13.8. The van der Waals surface area contributed by atoms with Gasteiger partial charge in [0.05, 0.1) is 0 Å². The van der Waals surface area contributed by atoms with E-state index in [1.807, 2.05) is 72.8 Å². The van der Waals surface area contributed by atoms with E-state index in [4.69, 9.17) is 0 Å². The molecule has 0 atom stereocenters. The molecule has 0 saturated carbocycles. The normalized spacial score (nSPS) is 10.2. The lowest BCUT2D eigenvalue weighted by atomic mass is 10.0. The number of hydrogen-bond donors (Lipinski definition) is 1. The molecule has 124 valence electrons. The van der Waals surface area contributed by atoms with Crippen molar-refractivity contribution < 1.29 is 9.59 Å². The summed E-state index contributed by atoms with van der Waals surface area (Å²) in [4.78, 5) is 24.4. The average Bonchev–Trinajstić information content (AvgIpc) is 2.68. The van der Waals surface area contributed by atoms with Crippen LogP contribution in [0.15, 0.2) is 84.9 Å². The predicted molar refractivity (Wildman–Crippen MR) is 101 cm³/mol. The fraction of sp³-hybridized carbons (Fsp3) is 0.0909. The largest absolute Gasteiger partial charge is 0.326 e. The highest BCUT2D eigenvalue weighted by Crippen LogP contribution is 2.27. The van der Waals surface area contributed by atoms with E-state index < -0.39 is 0 Å². The van der Waals surface area contributed by atoms with Crippen molar-refractivity contribution in [2.45, 2.75) is 12.8 Å². The van der Waals surface area contributed by atoms with Crippen molar-refractivity contribution in [1.82, 2.24) is 0 Å². The molecule has 0 aliphatic heterocycles. The Hall–Kier alpha value is -3.20. The van der Waals surface area contributed by atoms with Crippen molar-refractivity contribution in [3.63, 3.8) is 0 Å². The predicted octanol–water partition coefficient (Wildman–Crippen LogP) is 4.96. The molecule has 3 rings (SSSR count). The Balaban J connectivity index is 1.65. The number of para-hydroxylation sites is 1. The summed E-state index contributed by atoms with van der Waals surface area (Å²) in [5, 5.41) is 2.92. The van der Waals surface area contributed by atoms with E-state index in [-0.39, 0.29) is 24.5 Å². The minimum atomic E-state index is -0.160. The van der Waals surface area contributed by atoms with E-state index in [9.17, 15) is 9.59 Å². The van der Waals surface area contributed by atoms with Gasteiger partial charge in [0.25, 0.3) is 0 Å². The van der Waals surface area contributed by atoms with Gasteiger partial charge in [-0.1, -0.05) is 78.9 Å². The molecule has 0 unspecified atom stereocenters. The Bertz CT molecular complexity index is 857. The minimum absolute atomic E-state index is 0.0212. The monoisotopic (exact) mass is 329 g/mol. The first-order chi connectivity index (χ1) is 12.2. The van der Waals surface area contributed by atoms with Crippen LogP contribution < -0.4 is 5.32 Å². The van der Waals surface area contributed by atoms with E-state index in [0.29, 0.717) is 5.56 Å². The van der Waals surface area contributed by atoms with Gasteiger partial charge in [0.15, 0.2) is 5.78 Å². The Morgan fingerprint density at radius 1 is 0.680 bits per heavy atom. The lowest BCUT2D eigenvalue weighted by Crippen LogP contribution is -2.14. The number of nitrogens with one attached hydrogen (secondary N) is 1. The van der Waals surface area contributed by atoms with Crippen LogP contribution in [0, 0.1) is 0 Å². The Kier molecular flexibility index (Phi) is 5.37. The third kappa shape index (κ3) is 4.42. The van der Waals surface area contributed by atoms with Crippen LogP contribution in [0.4, 0.5) is 5.69 Å². The number of benzene rings is 3. The molecular weight excluding hydrogens is 310 g/mol. The molecule has 1 N–H and O–H groups in total. The Morgan fingerprint density at radius 3 is 2.00 bits per heavy atom. The van der Waals surface area contributed by atoms with Crippen molar-refractivity contribution in [3.05, 3.63) is 90.5 Å². The smallest absolute Gasteiger partial charge is 0.224 e. The van der Waals surface area contributed by atoms with Crippen molar-refractivity contribution in [2.75, 3.05) is 5.32 Å². The molecule has 0 spiro atoms. The molecule has 0 radical (unpaired) electrons. The highest BCUT2D eigenvalue weighted by Gasteiger charge is 2.11. The molecule has 0 aromatic heterocycles. The molecule has 1 amide bonds. The van der Waals surface area contributed by atoms with Gasteiger partial charge in [-0.25, -0.2) is 0 Å². The third-order valence-corrected chi connectivity index (χ3v) is 3.96. The molecule has 0 heterocycles. The van der Waals surface area contributed by atoms with E-state index >= 15 is 0 Å². The molecule has 3 heteroatoms. The van der Waals surface area contributed by atoms with Crippen molar-refractivity contribution in [2.24, 2.45) is 0 Å². The maximum absolute atomic E-state index is 12.3. The van der Waals surface area contributed by atoms with Gasteiger partial charge in [-0.05, 0) is 11.6 Å². The fourth-order valence-corrected chi connectivity index (χ4v) is 2.67. The SMILES string of the molecule is O=C(CCC(=O)c1ccccc1)Nc1ccccc1-c1ccccc1. The number of Topliss-reactive ketones (excluding diaryl/α,β-unsaturated/α-hetero) is 1. The number of rotatable bonds is 6. The topological polar surface area (TPSA) is 46.2 Å². The van der Waals surface area contributed by atoms with Gasteiger partial charge in [0.2, 0.25) is 5.91 Å². The lowest BCUT2D eigenvalue weighted by molar-refractivity contribution is -0.116. The number of carbonyl (C=O) groups is 2. The number of ketones is 1. The maximum atomic E-state index is 12.3. The van der Waals surface area contributed by atoms with E-state index in [1.165, 1.54) is 0 Å². The van der Waals surface area contributed by atoms with E-state index in [0.717, 1.165) is 16.8 Å². The Labute approximate surface area is 147 Å². The quantitative estimate of drug-likeness (QED) is 0.650. The zero-order valence-corrected chi connectivity index (χ0v) is 13.8. The van der Waals surface area contributed by atoms with Crippen LogP contribution in [0.25, 0.3) is 11.1 Å². The molecule has 25 heavy (non-hydrogen) atoms. The summed E-state index contributed by atoms with van der Waals surface area (Å²) >= 11 is 0. The second-order valence-corrected chi connectivity index (χ2v) is 5.75. The van der Waals surface area contributed by atoms with Crippen LogP contribution in [0.1, 0.15) is 23.2 Å². The van der Waals surface area contributed by atoms with E-state index in [1.54, 1.807) is 12.1 Å². The highest BCUT2D eigenvalue weighted by atomic mass is 16.2. The van der Waals surface area contributed by atoms with Gasteiger partial charge in [-0.3, -0.25) is 9.59 Å². The summed E-state index contributed by atoms with van der Waals surface area (Å²) in [6.07, 6.45) is 0.361. The lowest BCUT2D eigenvalue weighted by Gasteiger charge is -2.11. The van der Waals surface area contributed by atoms with Crippen molar-refractivity contribution in [3.8, 4) is 11.1 Å². The summed E-state index contributed by atoms with van der Waals surface area (Å²) in [5.41, 5.74) is 3.40. The van der Waals surface area contributed by atoms with Gasteiger partial charge in [0, 0.05) is 29.7 Å². The van der Waals surface area contributed by atoms with Crippen LogP contribution in [0.2, 0.25) is 0 Å². The fourth-order valence-electron chi connectivity index (χ4n) is 2.67.